The monoisotopic (exact) mass is 620 g/mol. The fraction of sp³-hybridized carbons (Fsp3) is 0.780. The maximum Gasteiger partial charge on any atom is 0.331 e. The van der Waals surface area contributed by atoms with Crippen LogP contribution in [0.5, 0.6) is 11.5 Å². The summed E-state index contributed by atoms with van der Waals surface area (Å²) in [5.74, 6) is 4.82. The number of hydrogen-bond donors (Lipinski definition) is 1. The topological polar surface area (TPSA) is 55.8 Å². The molecule has 4 heteroatoms. The molecule has 0 radical (unpaired) electrons. The number of phenols is 1. The van der Waals surface area contributed by atoms with Crippen LogP contribution in [0.2, 0.25) is 0 Å². The molecule has 4 fully saturated rings. The number of benzene rings is 1. The molecule has 0 aliphatic heterocycles. The molecular weight excluding hydrogens is 556 g/mol. The largest absolute Gasteiger partial charge is 0.504 e. The third-order valence-electron chi connectivity index (χ3n) is 14.8. The Hall–Kier alpha value is -1.97. The minimum absolute atomic E-state index is 0.0495. The molecule has 9 atom stereocenters. The van der Waals surface area contributed by atoms with Gasteiger partial charge in [0.2, 0.25) is 0 Å². The van der Waals surface area contributed by atoms with E-state index in [1.165, 1.54) is 83.8 Å². The van der Waals surface area contributed by atoms with E-state index in [0.717, 1.165) is 41.6 Å². The molecule has 0 spiro atoms. The molecule has 0 unspecified atom stereocenters. The van der Waals surface area contributed by atoms with Crippen LogP contribution in [0.15, 0.2) is 24.3 Å². The van der Waals surface area contributed by atoms with Crippen molar-refractivity contribution in [2.75, 3.05) is 7.11 Å². The highest BCUT2D eigenvalue weighted by Crippen LogP contribution is 2.76. The molecule has 4 nitrogen and oxygen atoms in total. The molecule has 4 aliphatic carbocycles. The summed E-state index contributed by atoms with van der Waals surface area (Å²) in [6, 6.07) is 5.09. The Morgan fingerprint density at radius 2 is 1.69 bits per heavy atom. The first-order chi connectivity index (χ1) is 21.2. The SMILES string of the molecule is CC[C@@]12CC[C@]3(C)[C@H]([C@H](C)CCCC(C)C)CC[C@@]3(C)[C@@H]1CC[C@@H]1[C@@H]2CC[C@@H](OC(=O)C=Cc2ccc(O)c(OC)c2)C1(C)C. The molecule has 0 bridgehead atoms. The number of carbonyl (C=O) groups excluding carboxylic acids is 1. The highest BCUT2D eigenvalue weighted by molar-refractivity contribution is 5.87. The molecule has 4 saturated carbocycles. The van der Waals surface area contributed by atoms with Gasteiger partial charge >= 0.3 is 5.97 Å². The summed E-state index contributed by atoms with van der Waals surface area (Å²) in [6.07, 6.45) is 19.0. The number of ether oxygens (including phenoxy) is 2. The summed E-state index contributed by atoms with van der Waals surface area (Å²) in [4.78, 5) is 13.1. The van der Waals surface area contributed by atoms with Crippen LogP contribution in [-0.4, -0.2) is 24.3 Å². The first-order valence-electron chi connectivity index (χ1n) is 18.5. The second kappa shape index (κ2) is 12.9. The van der Waals surface area contributed by atoms with Crippen LogP contribution in [-0.2, 0) is 9.53 Å². The quantitative estimate of drug-likeness (QED) is 0.209. The number of esters is 1. The molecule has 0 heterocycles. The van der Waals surface area contributed by atoms with Crippen molar-refractivity contribution in [2.45, 2.75) is 139 Å². The van der Waals surface area contributed by atoms with Gasteiger partial charge in [0.25, 0.3) is 0 Å². The smallest absolute Gasteiger partial charge is 0.331 e. The number of methoxy groups -OCH3 is 1. The standard InChI is InChI=1S/C41H64O4/c1-10-41-25-24-39(7)30(28(4)13-11-12-27(2)3)22-23-40(39,8)35(41)19-16-31-32(41)17-20-36(38(31,5)6)45-37(43)21-15-29-14-18-33(42)34(26-29)44-9/h14-15,18,21,26-28,30-32,35-36,42H,10-13,16-17,19-20,22-25H2,1-9H3/t28-,30+,31-,32+,35+,36-,39-,40+,41+/m1/s1. The van der Waals surface area contributed by atoms with E-state index >= 15 is 0 Å². The fourth-order valence-electron chi connectivity index (χ4n) is 12.1. The molecule has 0 saturated heterocycles. The zero-order valence-electron chi connectivity index (χ0n) is 30.1. The summed E-state index contributed by atoms with van der Waals surface area (Å²) in [5, 5.41) is 9.90. The van der Waals surface area contributed by atoms with Crippen molar-refractivity contribution in [1.82, 2.24) is 0 Å². The highest BCUT2D eigenvalue weighted by Gasteiger charge is 2.69. The Labute approximate surface area is 275 Å². The molecule has 1 aromatic carbocycles. The van der Waals surface area contributed by atoms with Crippen LogP contribution in [0.4, 0.5) is 0 Å². The van der Waals surface area contributed by atoms with E-state index in [1.807, 2.05) is 0 Å². The highest BCUT2D eigenvalue weighted by atomic mass is 16.5. The number of hydrogen-bond acceptors (Lipinski definition) is 4. The summed E-state index contributed by atoms with van der Waals surface area (Å²) < 4.78 is 11.5. The minimum Gasteiger partial charge on any atom is -0.504 e. The van der Waals surface area contributed by atoms with E-state index in [9.17, 15) is 9.90 Å². The fourth-order valence-corrected chi connectivity index (χ4v) is 12.1. The van der Waals surface area contributed by atoms with Crippen molar-refractivity contribution >= 4 is 12.0 Å². The molecule has 0 aromatic heterocycles. The van der Waals surface area contributed by atoms with Crippen molar-refractivity contribution in [1.29, 1.82) is 0 Å². The average Bonchev–Trinajstić information content (AvgIpc) is 3.28. The van der Waals surface area contributed by atoms with E-state index in [2.05, 4.69) is 55.4 Å². The number of phenolic OH excluding ortho intramolecular Hbond substituents is 1. The van der Waals surface area contributed by atoms with Gasteiger partial charge in [-0.15, -0.1) is 0 Å². The Kier molecular flexibility index (Phi) is 9.86. The van der Waals surface area contributed by atoms with Crippen LogP contribution < -0.4 is 4.74 Å². The van der Waals surface area contributed by atoms with Gasteiger partial charge in [-0.05, 0) is 133 Å². The van der Waals surface area contributed by atoms with Gasteiger partial charge in [0, 0.05) is 11.5 Å². The predicted molar refractivity (Wildman–Crippen MR) is 185 cm³/mol. The zero-order chi connectivity index (χ0) is 32.8. The number of carbonyl (C=O) groups is 1. The van der Waals surface area contributed by atoms with Gasteiger partial charge in [0.1, 0.15) is 6.10 Å². The van der Waals surface area contributed by atoms with E-state index in [0.29, 0.717) is 27.9 Å². The molecule has 5 rings (SSSR count). The lowest BCUT2D eigenvalue weighted by molar-refractivity contribution is -0.215. The minimum atomic E-state index is -0.280. The van der Waals surface area contributed by atoms with Gasteiger partial charge in [-0.1, -0.05) is 80.7 Å². The Balaban J connectivity index is 1.30. The predicted octanol–water partition coefficient (Wildman–Crippen LogP) is 10.9. The summed E-state index contributed by atoms with van der Waals surface area (Å²) >= 11 is 0. The van der Waals surface area contributed by atoms with E-state index in [1.54, 1.807) is 24.3 Å². The Morgan fingerprint density at radius 3 is 2.38 bits per heavy atom. The van der Waals surface area contributed by atoms with Crippen molar-refractivity contribution in [3.63, 3.8) is 0 Å². The van der Waals surface area contributed by atoms with Crippen LogP contribution in [0.25, 0.3) is 6.08 Å². The molecule has 45 heavy (non-hydrogen) atoms. The third kappa shape index (κ3) is 5.88. The van der Waals surface area contributed by atoms with Crippen LogP contribution >= 0.6 is 0 Å². The summed E-state index contributed by atoms with van der Waals surface area (Å²) in [6.45, 7) is 20.1. The number of fused-ring (bicyclic) bond motifs is 5. The second-order valence-electron chi connectivity index (χ2n) is 17.3. The normalized spacial score (nSPS) is 38.0. The maximum absolute atomic E-state index is 13.1. The number of aromatic hydroxyl groups is 1. The van der Waals surface area contributed by atoms with Crippen molar-refractivity contribution in [2.24, 2.45) is 57.2 Å². The van der Waals surface area contributed by atoms with Crippen molar-refractivity contribution < 1.29 is 19.4 Å². The van der Waals surface area contributed by atoms with Crippen LogP contribution in [0.3, 0.4) is 0 Å². The lowest BCUT2D eigenvalue weighted by Gasteiger charge is -2.69. The maximum atomic E-state index is 13.1. The van der Waals surface area contributed by atoms with Gasteiger partial charge in [0.15, 0.2) is 11.5 Å². The van der Waals surface area contributed by atoms with Crippen molar-refractivity contribution in [3.05, 3.63) is 29.8 Å². The Morgan fingerprint density at radius 1 is 0.956 bits per heavy atom. The first kappa shape index (κ1) is 34.4. The van der Waals surface area contributed by atoms with E-state index < -0.39 is 0 Å². The molecule has 4 aliphatic rings. The van der Waals surface area contributed by atoms with Gasteiger partial charge in [-0.2, -0.15) is 0 Å². The van der Waals surface area contributed by atoms with Crippen LogP contribution in [0, 0.1) is 57.2 Å². The van der Waals surface area contributed by atoms with E-state index in [-0.39, 0.29) is 23.2 Å². The van der Waals surface area contributed by atoms with Gasteiger partial charge < -0.3 is 14.6 Å². The molecule has 252 valence electrons. The Bertz CT molecular complexity index is 1230. The molecule has 0 amide bonds. The summed E-state index contributed by atoms with van der Waals surface area (Å²) in [5.41, 5.74) is 2.04. The lowest BCUT2D eigenvalue weighted by atomic mass is 9.36. The molecule has 1 aromatic rings. The van der Waals surface area contributed by atoms with Gasteiger partial charge in [-0.25, -0.2) is 4.79 Å². The lowest BCUT2D eigenvalue weighted by Crippen LogP contribution is -2.63. The number of rotatable bonds is 10. The van der Waals surface area contributed by atoms with Crippen LogP contribution in [0.1, 0.15) is 138 Å². The first-order valence-corrected chi connectivity index (χ1v) is 18.5. The van der Waals surface area contributed by atoms with Crippen molar-refractivity contribution in [3.8, 4) is 11.5 Å². The second-order valence-corrected chi connectivity index (χ2v) is 17.3. The molecular formula is C41H64O4. The average molecular weight is 621 g/mol. The van der Waals surface area contributed by atoms with Gasteiger partial charge in [-0.3, -0.25) is 0 Å². The molecule has 1 N–H and O–H groups in total. The third-order valence-corrected chi connectivity index (χ3v) is 14.8. The summed E-state index contributed by atoms with van der Waals surface area (Å²) in [7, 11) is 1.53. The van der Waals surface area contributed by atoms with Gasteiger partial charge in [0.05, 0.1) is 7.11 Å². The zero-order valence-corrected chi connectivity index (χ0v) is 30.1. The van der Waals surface area contributed by atoms with E-state index in [4.69, 9.17) is 9.47 Å².